The zero-order chi connectivity index (χ0) is 102. The number of nitrogens with two attached hydrogens (primary N) is 4. The van der Waals surface area contributed by atoms with Crippen LogP contribution in [0.4, 0.5) is 11.6 Å². The van der Waals surface area contributed by atoms with Crippen LogP contribution in [-0.2, 0) is 83.1 Å². The molecule has 16 N–H and O–H groups in total. The van der Waals surface area contributed by atoms with Crippen molar-refractivity contribution in [2.24, 2.45) is 62.0 Å². The molecule has 0 bridgehead atoms. The van der Waals surface area contributed by atoms with Crippen molar-refractivity contribution < 1.29 is 100 Å². The number of aliphatic hydroxyl groups excluding tert-OH is 6. The summed E-state index contributed by atoms with van der Waals surface area (Å²) in [6.45, 7) is -0.399. The first-order chi connectivity index (χ1) is 66.8. The lowest BCUT2D eigenvalue weighted by molar-refractivity contribution is 0.0997. The van der Waals surface area contributed by atoms with Gasteiger partial charge < -0.3 is 45.8 Å². The van der Waals surface area contributed by atoms with E-state index < -0.39 is 95.5 Å². The Bertz CT molecular complexity index is 6970. The van der Waals surface area contributed by atoms with Crippen molar-refractivity contribution in [2.45, 2.75) is 143 Å². The van der Waals surface area contributed by atoms with Crippen LogP contribution in [-0.4, -0.2) is 195 Å². The number of carbonyl (C=O) groups excluding carboxylic acids is 4. The molecule has 750 valence electrons. The summed E-state index contributed by atoms with van der Waals surface area (Å²) >= 11 is 40.8. The van der Waals surface area contributed by atoms with E-state index in [4.69, 9.17) is 78.6 Å². The maximum absolute atomic E-state index is 13.4. The lowest BCUT2D eigenvalue weighted by Gasteiger charge is -2.15. The van der Waals surface area contributed by atoms with Crippen LogP contribution in [0.3, 0.4) is 0 Å². The van der Waals surface area contributed by atoms with Crippen LogP contribution < -0.4 is 31.2 Å². The van der Waals surface area contributed by atoms with Crippen LogP contribution in [0, 0.1) is 64.6 Å². The van der Waals surface area contributed by atoms with E-state index in [0.29, 0.717) is 151 Å². The number of nitriles is 1. The number of aliphatic hydroxyl groups is 6. The molecular weight excluding hydrogens is 2180 g/mol. The number of nitrogens with zero attached hydrogens (tertiary/aromatic N) is 10. The number of nitrogens with one attached hydrogen (secondary N) is 2. The summed E-state index contributed by atoms with van der Waals surface area (Å²) in [6.07, 6.45) is 13.8. The molecule has 5 aliphatic carbocycles. The maximum atomic E-state index is 13.4. The Hall–Kier alpha value is -8.31. The molecule has 5 fully saturated rings. The second-order valence-corrected chi connectivity index (χ2v) is 46.8. The maximum Gasteiger partial charge on any atom is 0.333 e. The van der Waals surface area contributed by atoms with Gasteiger partial charge in [0.25, 0.3) is 0 Å². The molecule has 5 aliphatic rings. The van der Waals surface area contributed by atoms with Crippen molar-refractivity contribution >= 4 is 207 Å². The summed E-state index contributed by atoms with van der Waals surface area (Å²) in [5.74, 6) is 4.49. The van der Waals surface area contributed by atoms with Crippen LogP contribution in [0.2, 0.25) is 23.7 Å². The molecule has 5 saturated carbocycles. The highest BCUT2D eigenvalue weighted by Crippen LogP contribution is 2.44. The lowest BCUT2D eigenvalue weighted by Crippen LogP contribution is -2.24. The minimum absolute atomic E-state index is 0.00369. The Morgan fingerprint density at radius 3 is 1.43 bits per heavy atom. The third-order valence-corrected chi connectivity index (χ3v) is 32.5. The molecule has 53 heteroatoms. The van der Waals surface area contributed by atoms with Crippen LogP contribution >= 0.6 is 131 Å². The fourth-order valence-electron chi connectivity index (χ4n) is 16.3. The Labute approximate surface area is 863 Å². The molecule has 9 heterocycles. The predicted molar refractivity (Wildman–Crippen MR) is 532 cm³/mol. The molecule has 11 aromatic rings. The minimum atomic E-state index is -4.13. The number of aromatic nitrogens is 9. The van der Waals surface area contributed by atoms with Crippen molar-refractivity contribution in [3.05, 3.63) is 255 Å². The third kappa shape index (κ3) is 31.6. The van der Waals surface area contributed by atoms with Gasteiger partial charge in [-0.25, -0.2) is 60.4 Å². The molecule has 2 aromatic carbocycles. The van der Waals surface area contributed by atoms with Crippen molar-refractivity contribution in [1.29, 1.82) is 5.26 Å². The second kappa shape index (κ2) is 49.3. The average Bonchev–Trinajstić information content (AvgIpc) is 1.65. The van der Waals surface area contributed by atoms with E-state index >= 15 is 0 Å². The number of hydrogen-bond acceptors (Lipinski definition) is 38. The number of anilines is 2. The highest BCUT2D eigenvalue weighted by Gasteiger charge is 2.41. The Morgan fingerprint density at radius 1 is 0.525 bits per heavy atom. The van der Waals surface area contributed by atoms with Crippen molar-refractivity contribution in [2.75, 3.05) is 37.1 Å². The zero-order valence-electron chi connectivity index (χ0n) is 73.6. The van der Waals surface area contributed by atoms with Gasteiger partial charge >= 0.3 is 41.2 Å². The minimum Gasteiger partial charge on any atom is -0.393 e. The number of benzene rings is 2. The molecule has 141 heavy (non-hydrogen) atoms. The van der Waals surface area contributed by atoms with Gasteiger partial charge in [0.15, 0.2) is 0 Å². The summed E-state index contributed by atoms with van der Waals surface area (Å²) in [4.78, 5) is 88.8. The van der Waals surface area contributed by atoms with Crippen molar-refractivity contribution in [3.63, 3.8) is 0 Å². The molecular formula is C88H90BrCl5N16O22S9. The van der Waals surface area contributed by atoms with Gasteiger partial charge in [-0.1, -0.05) is 82.0 Å². The first-order valence-electron chi connectivity index (χ1n) is 42.8. The molecule has 0 radical (unpaired) electrons. The highest BCUT2D eigenvalue weighted by atomic mass is 79.9. The number of rotatable bonds is 36. The van der Waals surface area contributed by atoms with Crippen molar-refractivity contribution in [1.82, 2.24) is 44.4 Å². The van der Waals surface area contributed by atoms with Crippen LogP contribution in [0.1, 0.15) is 182 Å². The largest absolute Gasteiger partial charge is 0.393 e. The van der Waals surface area contributed by atoms with Gasteiger partial charge in [-0.3, -0.25) is 35.9 Å². The molecule has 0 saturated heterocycles. The summed E-state index contributed by atoms with van der Waals surface area (Å²) < 4.78 is 110. The van der Waals surface area contributed by atoms with E-state index in [1.807, 2.05) is 47.3 Å². The van der Waals surface area contributed by atoms with E-state index in [1.165, 1.54) is 91.0 Å². The Morgan fingerprint density at radius 2 is 0.957 bits per heavy atom. The molecule has 38 nitrogen and oxygen atoms in total. The number of hydrogen-bond donors (Lipinski definition) is 12. The molecule has 16 rings (SSSR count). The van der Waals surface area contributed by atoms with Gasteiger partial charge in [-0.15, -0.1) is 57.1 Å². The number of carbonyl (C=O) groups is 4. The number of thiophene rings is 4. The predicted octanol–water partition coefficient (Wildman–Crippen LogP) is 11.5. The van der Waals surface area contributed by atoms with E-state index in [0.717, 1.165) is 56.0 Å². The molecule has 2 unspecified atom stereocenters. The van der Waals surface area contributed by atoms with Gasteiger partial charge in [-0.2, -0.15) is 38.9 Å². The fourth-order valence-corrected chi connectivity index (χ4v) is 24.1. The Balaban J connectivity index is 0.000000158. The lowest BCUT2D eigenvalue weighted by atomic mass is 9.96. The van der Waals surface area contributed by atoms with Gasteiger partial charge in [0.1, 0.15) is 65.3 Å². The van der Waals surface area contributed by atoms with E-state index in [9.17, 15) is 88.8 Å². The topological polar surface area (TPSA) is 623 Å². The summed E-state index contributed by atoms with van der Waals surface area (Å²) in [5.41, 5.74) is 5.81. The van der Waals surface area contributed by atoms with Gasteiger partial charge in [-0.05, 0) is 187 Å². The molecule has 9 aromatic heterocycles. The number of halogens is 6. The third-order valence-electron chi connectivity index (χ3n) is 23.3. The monoisotopic (exact) mass is 2260 g/mol. The van der Waals surface area contributed by atoms with Gasteiger partial charge in [0.2, 0.25) is 23.1 Å². The number of ketones is 4. The molecule has 0 spiro atoms. The second-order valence-electron chi connectivity index (χ2n) is 33.6. The summed E-state index contributed by atoms with van der Waals surface area (Å²) in [5, 5.41) is 103. The van der Waals surface area contributed by atoms with Gasteiger partial charge in [0.05, 0.1) is 113 Å². The Kier molecular flexibility index (Phi) is 38.4. The SMILES string of the molecule is N#Cc1cc(Br)cn1Cc1csc(C(=O)c2cncnc2C[C@@H]2C[C@H](COS(N)(=O)=O)[C@@H](O)C2)c1.NS(=O)(=O)OC[C@H]1C[C@@H](Cc2ncncc2C(=O)c2cc(CSc3ccccc3Cl)cs2)C[C@@H]1O.NS(=O)(=O)OC[C@H]1C[C@@H](Nc2ncncc2C(=O)c2cc(C(O)C#CC3CC3)c(Cl)s2)C[C@@H]1O.NS(=O)(=O)OC[C@H]1C[C@@H](Nc2ncncc2C(=O)c2cc(C(O)c3cc(Cl)ccc3Cl)c(Cl)s2)C[C@@H]1O. The quantitative estimate of drug-likeness (QED) is 0.00985. The highest BCUT2D eigenvalue weighted by molar-refractivity contribution is 9.10. The first kappa shape index (κ1) is 110. The summed E-state index contributed by atoms with van der Waals surface area (Å²) in [7, 11) is -16.4. The zero-order valence-corrected chi connectivity index (χ0v) is 86.3. The van der Waals surface area contributed by atoms with Gasteiger partial charge in [0, 0.05) is 121 Å². The van der Waals surface area contributed by atoms with Crippen LogP contribution in [0.5, 0.6) is 0 Å². The standard InChI is InChI=1S/C23H24ClN3O5S3.C22H22BrN5O5S2.C22H21Cl3N4O6S2.C21H23ClN4O6S2/c24-18-3-1-2-4-21(18)33-11-15-8-22(34-12-15)23(29)17-9-26-13-27-19(17)6-14-5-16(20(28)7-14)10-32-35(25,30)31;23-16-5-17(6-24)28(9-16)8-14-4-21(34-11-14)22(30)18-7-26-12-27-19(18)2-13-1-15(20(29)3-13)10-33-35(25,31)32;23-11-1-2-16(24)13(4-11)19(31)14-6-18(36-21(14)25)20(32)15-7-27-9-28-22(15)29-12-3-10(17(30)5-12)8-35-37(26,33)34;22-20-14(16(27)4-3-11-1-2-11)7-18(33-20)19(29)15-8-24-10-25-21(15)26-13-5-12(17(28)6-13)9-32-34(23,30)31/h1-4,8-9,12-14,16,20,28H,5-7,10-11H2,(H2,25,30,31);4-5,7,9,11-13,15,20,29H,1-3,8,10H2,(H2,25,31,32);1-2,4,6-7,9-10,12,17,19,30-31H,3,5,8H2,(H2,26,33,34)(H,27,28,29);7-8,10-13,16-17,27-28H,1-2,5-6,9H2,(H2,23,30,31)(H,24,25,26)/t14-,16+,20-;13-,15+,20-;10-,12-,17+,19?;12-,13-,16?,17+/m0011/s1. The smallest absolute Gasteiger partial charge is 0.333 e. The van der Waals surface area contributed by atoms with E-state index in [2.05, 4.69) is 101 Å². The first-order valence-corrected chi connectivity index (χ1v) is 55.8. The fraction of sp³-hybridized carbons (Fsp3) is 0.375. The normalized spacial score (nSPS) is 21.0. The van der Waals surface area contributed by atoms with Crippen molar-refractivity contribution in [3.8, 4) is 17.9 Å². The number of thioether (sulfide) groups is 1. The van der Waals surface area contributed by atoms with E-state index in [-0.39, 0.29) is 122 Å². The van der Waals surface area contributed by atoms with Crippen LogP contribution in [0.25, 0.3) is 0 Å². The summed E-state index contributed by atoms with van der Waals surface area (Å²) in [6, 6.07) is 22.3. The molecule has 14 atom stereocenters. The van der Waals surface area contributed by atoms with E-state index in [1.54, 1.807) is 40.6 Å². The molecule has 0 aliphatic heterocycles. The van der Waals surface area contributed by atoms with Crippen LogP contribution in [0.15, 0.2) is 149 Å². The molecule has 0 amide bonds. The average molecular weight is 2270 g/mol.